The van der Waals surface area contributed by atoms with Crippen LogP contribution >= 0.6 is 0 Å². The third-order valence-corrected chi connectivity index (χ3v) is 9.66. The second kappa shape index (κ2) is 10.0. The zero-order valence-electron chi connectivity index (χ0n) is 24.6. The highest BCUT2D eigenvalue weighted by molar-refractivity contribution is 6.14. The van der Waals surface area contributed by atoms with Crippen LogP contribution in [0.1, 0.15) is 28.3 Å². The van der Waals surface area contributed by atoms with Crippen molar-refractivity contribution in [1.82, 2.24) is 4.98 Å². The molecule has 5 aromatic carbocycles. The van der Waals surface area contributed by atoms with Crippen molar-refractivity contribution in [3.63, 3.8) is 0 Å². The number of aromatic nitrogens is 1. The van der Waals surface area contributed by atoms with Crippen LogP contribution in [0.2, 0.25) is 0 Å². The first-order valence-electron chi connectivity index (χ1n) is 15.5. The molecule has 1 aromatic heterocycles. The van der Waals surface area contributed by atoms with Crippen molar-refractivity contribution in [3.8, 4) is 22.3 Å². The molecule has 9 rings (SSSR count). The molecule has 1 heterocycles. The fraction of sp³-hybridized carbons (Fsp3) is 0.0714. The highest BCUT2D eigenvalue weighted by Crippen LogP contribution is 2.62. The fourth-order valence-electron chi connectivity index (χ4n) is 7.88. The van der Waals surface area contributed by atoms with E-state index in [1.807, 2.05) is 30.3 Å². The molecule has 2 unspecified atom stereocenters. The first-order chi connectivity index (χ1) is 22.5. The van der Waals surface area contributed by atoms with E-state index >= 15 is 0 Å². The molecule has 3 aliphatic carbocycles. The van der Waals surface area contributed by atoms with Gasteiger partial charge in [-0.1, -0.05) is 134 Å². The summed E-state index contributed by atoms with van der Waals surface area (Å²) in [7, 11) is 0. The van der Waals surface area contributed by atoms with Gasteiger partial charge in [0, 0.05) is 17.2 Å². The molecule has 0 amide bonds. The second-order valence-corrected chi connectivity index (χ2v) is 12.1. The summed E-state index contributed by atoms with van der Waals surface area (Å²) in [6.45, 7) is 0. The van der Waals surface area contributed by atoms with E-state index in [9.17, 15) is 13.2 Å². The van der Waals surface area contributed by atoms with Gasteiger partial charge in [-0.15, -0.1) is 0 Å². The summed E-state index contributed by atoms with van der Waals surface area (Å²) in [6, 6.07) is 38.1. The van der Waals surface area contributed by atoms with E-state index in [1.54, 1.807) is 12.1 Å². The van der Waals surface area contributed by atoms with Gasteiger partial charge >= 0.3 is 6.18 Å². The van der Waals surface area contributed by atoms with Crippen LogP contribution in [0.5, 0.6) is 0 Å². The van der Waals surface area contributed by atoms with Gasteiger partial charge < -0.3 is 0 Å². The Hall–Kier alpha value is -5.48. The smallest absolute Gasteiger partial charge is 0.243 e. The molecule has 220 valence electrons. The lowest BCUT2D eigenvalue weighted by molar-refractivity contribution is -0.141. The van der Waals surface area contributed by atoms with Crippen molar-refractivity contribution < 1.29 is 13.2 Å². The average Bonchev–Trinajstić information content (AvgIpc) is 3.42. The summed E-state index contributed by atoms with van der Waals surface area (Å²) < 4.78 is 42.4. The number of benzene rings is 5. The van der Waals surface area contributed by atoms with E-state index in [-0.39, 0.29) is 11.8 Å². The Balaban J connectivity index is 1.37. The van der Waals surface area contributed by atoms with E-state index in [0.29, 0.717) is 16.5 Å². The number of nitrogens with zero attached hydrogens (tertiary/aromatic N) is 1. The lowest BCUT2D eigenvalue weighted by Gasteiger charge is -2.30. The molecule has 0 saturated carbocycles. The minimum Gasteiger partial charge on any atom is -0.243 e. The second-order valence-electron chi connectivity index (χ2n) is 12.1. The maximum atomic E-state index is 14.1. The third-order valence-electron chi connectivity index (χ3n) is 9.66. The van der Waals surface area contributed by atoms with Gasteiger partial charge in [0.25, 0.3) is 0 Å². The van der Waals surface area contributed by atoms with Crippen LogP contribution in [0.15, 0.2) is 151 Å². The van der Waals surface area contributed by atoms with Crippen LogP contribution in [-0.4, -0.2) is 4.98 Å². The SMILES string of the molecule is FC(F)(F)c1cc(C2=CC=C3c4c(c(-c5ccccc5)c5ccccc5c4-c4ccccc4)C4C=CC=C2C34)c2ccccc2n1. The third kappa shape index (κ3) is 3.93. The molecule has 0 saturated heterocycles. The van der Waals surface area contributed by atoms with Crippen LogP contribution in [0.3, 0.4) is 0 Å². The van der Waals surface area contributed by atoms with E-state index in [0.717, 1.165) is 22.3 Å². The van der Waals surface area contributed by atoms with E-state index in [4.69, 9.17) is 0 Å². The number of allylic oxidation sites excluding steroid dienone is 8. The molecule has 0 radical (unpaired) electrons. The minimum atomic E-state index is -4.56. The van der Waals surface area contributed by atoms with Crippen molar-refractivity contribution >= 4 is 32.8 Å². The van der Waals surface area contributed by atoms with E-state index < -0.39 is 11.9 Å². The van der Waals surface area contributed by atoms with E-state index in [2.05, 4.69) is 102 Å². The average molecular weight is 602 g/mol. The molecule has 46 heavy (non-hydrogen) atoms. The molecular weight excluding hydrogens is 575 g/mol. The molecule has 0 bridgehead atoms. The largest absolute Gasteiger partial charge is 0.433 e. The maximum absolute atomic E-state index is 14.1. The topological polar surface area (TPSA) is 12.9 Å². The highest BCUT2D eigenvalue weighted by atomic mass is 19.4. The summed E-state index contributed by atoms with van der Waals surface area (Å²) in [6.07, 6.45) is 6.09. The van der Waals surface area contributed by atoms with Crippen LogP contribution in [0.25, 0.3) is 55.1 Å². The number of rotatable bonds is 3. The van der Waals surface area contributed by atoms with Crippen LogP contribution in [0, 0.1) is 5.92 Å². The van der Waals surface area contributed by atoms with Gasteiger partial charge in [0.2, 0.25) is 0 Å². The molecule has 6 aromatic rings. The summed E-state index contributed by atoms with van der Waals surface area (Å²) >= 11 is 0. The van der Waals surface area contributed by atoms with Crippen molar-refractivity contribution in [2.45, 2.75) is 12.1 Å². The number of hydrogen-bond donors (Lipinski definition) is 0. The zero-order valence-corrected chi connectivity index (χ0v) is 24.6. The van der Waals surface area contributed by atoms with Gasteiger partial charge in [0.05, 0.1) is 5.52 Å². The van der Waals surface area contributed by atoms with Gasteiger partial charge in [0.1, 0.15) is 5.69 Å². The molecule has 0 fully saturated rings. The molecule has 1 nitrogen and oxygen atoms in total. The summed E-state index contributed by atoms with van der Waals surface area (Å²) in [5.41, 5.74) is 10.3. The van der Waals surface area contributed by atoms with Gasteiger partial charge in [-0.2, -0.15) is 13.2 Å². The van der Waals surface area contributed by atoms with Gasteiger partial charge in [0.15, 0.2) is 0 Å². The normalized spacial score (nSPS) is 18.2. The molecule has 3 aliphatic rings. The van der Waals surface area contributed by atoms with Crippen LogP contribution in [-0.2, 0) is 6.18 Å². The summed E-state index contributed by atoms with van der Waals surface area (Å²) in [4.78, 5) is 4.00. The minimum absolute atomic E-state index is 0.0161. The first kappa shape index (κ1) is 26.9. The Kier molecular flexibility index (Phi) is 5.85. The number of fused-ring (bicyclic) bond motifs is 5. The van der Waals surface area contributed by atoms with Crippen molar-refractivity contribution in [2.24, 2.45) is 5.92 Å². The Labute approximate surface area is 264 Å². The molecule has 4 heteroatoms. The lowest BCUT2D eigenvalue weighted by atomic mass is 9.73. The maximum Gasteiger partial charge on any atom is 0.433 e. The number of alkyl halides is 3. The van der Waals surface area contributed by atoms with Crippen LogP contribution in [0.4, 0.5) is 13.2 Å². The Morgan fingerprint density at radius 1 is 0.565 bits per heavy atom. The number of pyridine rings is 1. The van der Waals surface area contributed by atoms with Crippen molar-refractivity contribution in [2.75, 3.05) is 0 Å². The zero-order chi connectivity index (χ0) is 31.0. The molecule has 0 aliphatic heterocycles. The molecular formula is C42H26F3N. The predicted molar refractivity (Wildman–Crippen MR) is 181 cm³/mol. The molecule has 0 N–H and O–H groups in total. The number of halogens is 3. The predicted octanol–water partition coefficient (Wildman–Crippen LogP) is 11.4. The van der Waals surface area contributed by atoms with Gasteiger partial charge in [-0.25, -0.2) is 4.98 Å². The lowest BCUT2D eigenvalue weighted by Crippen LogP contribution is -2.16. The Morgan fingerprint density at radius 3 is 1.87 bits per heavy atom. The summed E-state index contributed by atoms with van der Waals surface area (Å²) in [5, 5.41) is 3.09. The number of hydrogen-bond acceptors (Lipinski definition) is 1. The highest BCUT2D eigenvalue weighted by Gasteiger charge is 2.45. The molecule has 0 spiro atoms. The Morgan fingerprint density at radius 2 is 1.17 bits per heavy atom. The van der Waals surface area contributed by atoms with Gasteiger partial charge in [-0.05, 0) is 78.6 Å². The van der Waals surface area contributed by atoms with E-state index in [1.165, 1.54) is 44.7 Å². The van der Waals surface area contributed by atoms with Crippen molar-refractivity contribution in [1.29, 1.82) is 0 Å². The fourth-order valence-corrected chi connectivity index (χ4v) is 7.88. The monoisotopic (exact) mass is 601 g/mol. The van der Waals surface area contributed by atoms with Crippen molar-refractivity contribution in [3.05, 3.63) is 174 Å². The molecule has 2 atom stereocenters. The number of para-hydroxylation sites is 1. The quantitative estimate of drug-likeness (QED) is 0.197. The standard InChI is InChI=1S/C42H26F3N/c43-42(44,45)36-24-34(28-16-9-10-21-35(28)46-36)27-22-23-33-39-29(27)19-11-20-32(39)40-37(25-12-3-1-4-13-25)30-17-7-8-18-31(30)38(41(33)40)26-14-5-2-6-15-26/h1-24,32,39H. The summed E-state index contributed by atoms with van der Waals surface area (Å²) in [5.74, 6) is -0.0228. The van der Waals surface area contributed by atoms with Crippen LogP contribution < -0.4 is 0 Å². The Bertz CT molecular complexity index is 2340. The van der Waals surface area contributed by atoms with Gasteiger partial charge in [-0.3, -0.25) is 0 Å². The first-order valence-corrected chi connectivity index (χ1v) is 15.5.